The Labute approximate surface area is 153 Å². The number of nitrogens with one attached hydrogen (secondary N) is 2. The maximum atomic E-state index is 12.8. The normalized spacial score (nSPS) is 24.0. The number of carbonyl (C=O) groups excluding carboxylic acids is 2. The summed E-state index contributed by atoms with van der Waals surface area (Å²) in [5.74, 6) is 0.405. The quantitative estimate of drug-likeness (QED) is 0.865. The molecule has 138 valence electrons. The zero-order chi connectivity index (χ0) is 18.1. The minimum absolute atomic E-state index is 0.0174. The number of aromatic nitrogens is 1. The molecule has 3 heterocycles. The van der Waals surface area contributed by atoms with E-state index in [0.29, 0.717) is 37.9 Å². The van der Waals surface area contributed by atoms with E-state index < -0.39 is 0 Å². The number of aromatic amines is 1. The third-order valence-electron chi connectivity index (χ3n) is 5.61. The third kappa shape index (κ3) is 3.33. The van der Waals surface area contributed by atoms with Gasteiger partial charge in [0.1, 0.15) is 5.69 Å². The molecule has 2 N–H and O–H groups in total. The molecule has 0 aliphatic carbocycles. The average Bonchev–Trinajstić information content (AvgIpc) is 3.11. The van der Waals surface area contributed by atoms with Crippen LogP contribution in [0.2, 0.25) is 0 Å². The van der Waals surface area contributed by atoms with Crippen LogP contribution >= 0.6 is 0 Å². The van der Waals surface area contributed by atoms with E-state index in [1.54, 1.807) is 0 Å². The van der Waals surface area contributed by atoms with Gasteiger partial charge in [0.2, 0.25) is 5.91 Å². The lowest BCUT2D eigenvalue weighted by atomic mass is 9.92. The van der Waals surface area contributed by atoms with E-state index in [2.05, 4.69) is 17.2 Å². The molecule has 2 aliphatic heterocycles. The Morgan fingerprint density at radius 3 is 2.54 bits per heavy atom. The molecule has 1 aromatic heterocycles. The number of piperazine rings is 1. The number of hydrogen-bond acceptors (Lipinski definition) is 3. The summed E-state index contributed by atoms with van der Waals surface area (Å²) in [5.41, 5.74) is 1.60. The highest BCUT2D eigenvalue weighted by molar-refractivity contribution is 5.98. The Bertz CT molecular complexity index is 774. The zero-order valence-electron chi connectivity index (χ0n) is 15.2. The second-order valence-corrected chi connectivity index (χ2v) is 7.46. The van der Waals surface area contributed by atoms with Crippen LogP contribution in [0.3, 0.4) is 0 Å². The van der Waals surface area contributed by atoms with Crippen LogP contribution in [0.5, 0.6) is 0 Å². The molecule has 2 saturated heterocycles. The Kier molecular flexibility index (Phi) is 4.68. The summed E-state index contributed by atoms with van der Waals surface area (Å²) >= 11 is 0. The van der Waals surface area contributed by atoms with Crippen LogP contribution in [0.15, 0.2) is 30.3 Å². The molecule has 2 aliphatic rings. The van der Waals surface area contributed by atoms with Gasteiger partial charge < -0.3 is 20.1 Å². The van der Waals surface area contributed by atoms with Crippen molar-refractivity contribution in [3.63, 3.8) is 0 Å². The first-order valence-electron chi connectivity index (χ1n) is 9.51. The lowest BCUT2D eigenvalue weighted by Gasteiger charge is -2.38. The number of para-hydroxylation sites is 1. The van der Waals surface area contributed by atoms with Gasteiger partial charge >= 0.3 is 0 Å². The monoisotopic (exact) mass is 354 g/mol. The van der Waals surface area contributed by atoms with Gasteiger partial charge in [0, 0.05) is 49.0 Å². The van der Waals surface area contributed by atoms with Crippen LogP contribution in [0.4, 0.5) is 0 Å². The average molecular weight is 354 g/mol. The molecule has 0 saturated carbocycles. The molecule has 2 amide bonds. The first-order valence-corrected chi connectivity index (χ1v) is 9.51. The number of benzene rings is 1. The van der Waals surface area contributed by atoms with Gasteiger partial charge in [-0.25, -0.2) is 0 Å². The lowest BCUT2D eigenvalue weighted by molar-refractivity contribution is -0.138. The molecule has 2 fully saturated rings. The van der Waals surface area contributed by atoms with E-state index in [-0.39, 0.29) is 17.7 Å². The Balaban J connectivity index is 1.37. The number of hydrogen-bond donors (Lipinski definition) is 2. The molecule has 2 atom stereocenters. The number of nitrogens with zero attached hydrogens (tertiary/aromatic N) is 2. The van der Waals surface area contributed by atoms with Gasteiger partial charge in [0.05, 0.1) is 0 Å². The van der Waals surface area contributed by atoms with Crippen LogP contribution in [-0.4, -0.2) is 65.4 Å². The van der Waals surface area contributed by atoms with Crippen molar-refractivity contribution in [1.82, 2.24) is 20.1 Å². The van der Waals surface area contributed by atoms with Gasteiger partial charge in [0.25, 0.3) is 5.91 Å². The Hall–Kier alpha value is -2.34. The summed E-state index contributed by atoms with van der Waals surface area (Å²) in [6.07, 6.45) is 1.82. The molecule has 1 aromatic carbocycles. The Morgan fingerprint density at radius 2 is 1.81 bits per heavy atom. The molecule has 6 nitrogen and oxygen atoms in total. The highest BCUT2D eigenvalue weighted by Crippen LogP contribution is 2.21. The molecule has 0 bridgehead atoms. The maximum absolute atomic E-state index is 12.8. The molecular weight excluding hydrogens is 328 g/mol. The number of piperidine rings is 1. The van der Waals surface area contributed by atoms with Gasteiger partial charge in [-0.1, -0.05) is 18.2 Å². The van der Waals surface area contributed by atoms with E-state index >= 15 is 0 Å². The van der Waals surface area contributed by atoms with Gasteiger partial charge in [-0.15, -0.1) is 0 Å². The fourth-order valence-electron chi connectivity index (χ4n) is 4.10. The van der Waals surface area contributed by atoms with Crippen molar-refractivity contribution in [1.29, 1.82) is 0 Å². The molecular formula is C20H26N4O2. The van der Waals surface area contributed by atoms with Crippen molar-refractivity contribution in [2.75, 3.05) is 32.7 Å². The van der Waals surface area contributed by atoms with Crippen LogP contribution < -0.4 is 5.32 Å². The van der Waals surface area contributed by atoms with Crippen LogP contribution in [0, 0.1) is 5.92 Å². The smallest absolute Gasteiger partial charge is 0.270 e. The Morgan fingerprint density at radius 1 is 1.08 bits per heavy atom. The van der Waals surface area contributed by atoms with Gasteiger partial charge in [-0.3, -0.25) is 9.59 Å². The minimum atomic E-state index is 0.0174. The summed E-state index contributed by atoms with van der Waals surface area (Å²) in [6, 6.07) is 10.2. The second kappa shape index (κ2) is 7.11. The minimum Gasteiger partial charge on any atom is -0.351 e. The van der Waals surface area contributed by atoms with Gasteiger partial charge in [-0.05, 0) is 38.4 Å². The predicted octanol–water partition coefficient (Wildman–Crippen LogP) is 1.84. The van der Waals surface area contributed by atoms with E-state index in [9.17, 15) is 9.59 Å². The van der Waals surface area contributed by atoms with E-state index in [1.165, 1.54) is 0 Å². The summed E-state index contributed by atoms with van der Waals surface area (Å²) in [5, 5.41) is 4.44. The molecule has 0 unspecified atom stereocenters. The van der Waals surface area contributed by atoms with E-state index in [0.717, 1.165) is 30.3 Å². The second-order valence-electron chi connectivity index (χ2n) is 7.46. The van der Waals surface area contributed by atoms with Crippen molar-refractivity contribution in [2.24, 2.45) is 5.92 Å². The predicted molar refractivity (Wildman–Crippen MR) is 101 cm³/mol. The summed E-state index contributed by atoms with van der Waals surface area (Å²) in [4.78, 5) is 32.5. The van der Waals surface area contributed by atoms with Gasteiger partial charge in [0.15, 0.2) is 0 Å². The van der Waals surface area contributed by atoms with Crippen molar-refractivity contribution in [3.8, 4) is 0 Å². The van der Waals surface area contributed by atoms with Crippen molar-refractivity contribution >= 4 is 22.7 Å². The van der Waals surface area contributed by atoms with Crippen LogP contribution in [0.1, 0.15) is 30.3 Å². The maximum Gasteiger partial charge on any atom is 0.270 e. The molecule has 26 heavy (non-hydrogen) atoms. The first-order chi connectivity index (χ1) is 12.6. The summed E-state index contributed by atoms with van der Waals surface area (Å²) < 4.78 is 0. The standard InChI is InChI=1S/C20H26N4O2/c1-14-12-16(6-7-21-14)19(25)23-8-10-24(11-9-23)20(26)18-13-15-4-2-3-5-17(15)22-18/h2-5,13-14,16,21-22H,6-12H2,1H3/t14-,16-/m0/s1. The third-order valence-corrected chi connectivity index (χ3v) is 5.61. The molecule has 4 rings (SSSR count). The fraction of sp³-hybridized carbons (Fsp3) is 0.500. The lowest BCUT2D eigenvalue weighted by Crippen LogP contribution is -2.53. The first kappa shape index (κ1) is 17.1. The fourth-order valence-corrected chi connectivity index (χ4v) is 4.10. The number of amides is 2. The van der Waals surface area contributed by atoms with Crippen molar-refractivity contribution in [2.45, 2.75) is 25.8 Å². The topological polar surface area (TPSA) is 68.4 Å². The molecule has 2 aromatic rings. The number of H-pyrrole nitrogens is 1. The summed E-state index contributed by atoms with van der Waals surface area (Å²) in [7, 11) is 0. The zero-order valence-corrected chi connectivity index (χ0v) is 15.2. The highest BCUT2D eigenvalue weighted by atomic mass is 16.2. The molecule has 0 radical (unpaired) electrons. The SMILES string of the molecule is C[C@H]1C[C@@H](C(=O)N2CCN(C(=O)c3cc4ccccc4[nH]3)CC2)CCN1. The van der Waals surface area contributed by atoms with Crippen molar-refractivity contribution in [3.05, 3.63) is 36.0 Å². The number of fused-ring (bicyclic) bond motifs is 1. The summed E-state index contributed by atoms with van der Waals surface area (Å²) in [6.45, 7) is 5.50. The largest absolute Gasteiger partial charge is 0.351 e. The van der Waals surface area contributed by atoms with Crippen LogP contribution in [-0.2, 0) is 4.79 Å². The van der Waals surface area contributed by atoms with E-state index in [4.69, 9.17) is 0 Å². The number of carbonyl (C=O) groups is 2. The highest BCUT2D eigenvalue weighted by Gasteiger charge is 2.31. The van der Waals surface area contributed by atoms with Gasteiger partial charge in [-0.2, -0.15) is 0 Å². The van der Waals surface area contributed by atoms with Crippen LogP contribution in [0.25, 0.3) is 10.9 Å². The van der Waals surface area contributed by atoms with E-state index in [1.807, 2.05) is 40.1 Å². The molecule has 0 spiro atoms. The van der Waals surface area contributed by atoms with Crippen molar-refractivity contribution < 1.29 is 9.59 Å². The number of rotatable bonds is 2. The molecule has 6 heteroatoms.